The molecule has 1 saturated heterocycles. The van der Waals surface area contributed by atoms with Crippen molar-refractivity contribution in [1.82, 2.24) is 14.5 Å². The SMILES string of the molecule is CCCOc1ccc(C2/C(=C(\O)c3ccccc3)C(=O)C(=O)N2CCCn2ccnc2)cc1OC. The zero-order valence-corrected chi connectivity index (χ0v) is 19.9. The molecule has 0 aliphatic carbocycles. The van der Waals surface area contributed by atoms with Gasteiger partial charge in [0.1, 0.15) is 5.76 Å². The highest BCUT2D eigenvalue weighted by atomic mass is 16.5. The van der Waals surface area contributed by atoms with Crippen LogP contribution in [-0.4, -0.2) is 51.5 Å². The summed E-state index contributed by atoms with van der Waals surface area (Å²) in [5.41, 5.74) is 1.20. The van der Waals surface area contributed by atoms with Crippen LogP contribution in [0.5, 0.6) is 11.5 Å². The van der Waals surface area contributed by atoms with Gasteiger partial charge in [-0.3, -0.25) is 9.59 Å². The maximum absolute atomic E-state index is 13.2. The minimum absolute atomic E-state index is 0.0631. The Balaban J connectivity index is 1.74. The fraction of sp³-hybridized carbons (Fsp3) is 0.296. The summed E-state index contributed by atoms with van der Waals surface area (Å²) in [5, 5.41) is 11.1. The number of nitrogens with zero attached hydrogens (tertiary/aromatic N) is 3. The van der Waals surface area contributed by atoms with Crippen LogP contribution in [0.4, 0.5) is 0 Å². The second-order valence-corrected chi connectivity index (χ2v) is 8.27. The van der Waals surface area contributed by atoms with E-state index in [0.717, 1.165) is 6.42 Å². The maximum atomic E-state index is 13.2. The van der Waals surface area contributed by atoms with E-state index in [9.17, 15) is 14.7 Å². The fourth-order valence-electron chi connectivity index (χ4n) is 4.24. The van der Waals surface area contributed by atoms with Crippen LogP contribution < -0.4 is 9.47 Å². The molecule has 0 radical (unpaired) electrons. The molecule has 1 aliphatic rings. The Hall–Kier alpha value is -4.07. The van der Waals surface area contributed by atoms with E-state index in [1.807, 2.05) is 29.8 Å². The van der Waals surface area contributed by atoms with Crippen molar-refractivity contribution in [2.75, 3.05) is 20.3 Å². The molecule has 3 aromatic rings. The molecule has 4 rings (SSSR count). The number of aryl methyl sites for hydroxylation is 1. The monoisotopic (exact) mass is 475 g/mol. The Bertz CT molecular complexity index is 1200. The summed E-state index contributed by atoms with van der Waals surface area (Å²) in [6.07, 6.45) is 6.71. The Morgan fingerprint density at radius 3 is 2.57 bits per heavy atom. The summed E-state index contributed by atoms with van der Waals surface area (Å²) in [6.45, 7) is 3.52. The van der Waals surface area contributed by atoms with Gasteiger partial charge < -0.3 is 24.0 Å². The number of aliphatic hydroxyl groups is 1. The molecule has 1 aliphatic heterocycles. The van der Waals surface area contributed by atoms with Gasteiger partial charge in [-0.1, -0.05) is 43.3 Å². The van der Waals surface area contributed by atoms with Crippen LogP contribution in [0.1, 0.15) is 36.9 Å². The molecule has 0 bridgehead atoms. The number of carbonyl (C=O) groups is 2. The number of aromatic nitrogens is 2. The Kier molecular flexibility index (Phi) is 7.50. The number of aliphatic hydroxyl groups excluding tert-OH is 1. The largest absolute Gasteiger partial charge is 0.507 e. The minimum Gasteiger partial charge on any atom is -0.507 e. The molecule has 2 heterocycles. The molecule has 1 amide bonds. The number of Topliss-reactive ketones (excluding diaryl/α,β-unsaturated/α-hetero) is 1. The van der Waals surface area contributed by atoms with E-state index < -0.39 is 17.7 Å². The molecule has 35 heavy (non-hydrogen) atoms. The van der Waals surface area contributed by atoms with E-state index in [2.05, 4.69) is 4.98 Å². The molecule has 8 nitrogen and oxygen atoms in total. The van der Waals surface area contributed by atoms with E-state index in [0.29, 0.717) is 48.7 Å². The molecule has 0 spiro atoms. The van der Waals surface area contributed by atoms with Crippen LogP contribution in [0.3, 0.4) is 0 Å². The second kappa shape index (κ2) is 10.9. The average Bonchev–Trinajstić information content (AvgIpc) is 3.50. The van der Waals surface area contributed by atoms with E-state index in [4.69, 9.17) is 9.47 Å². The predicted octanol–water partition coefficient (Wildman–Crippen LogP) is 4.19. The molecular formula is C27H29N3O5. The highest BCUT2D eigenvalue weighted by Crippen LogP contribution is 2.42. The van der Waals surface area contributed by atoms with E-state index >= 15 is 0 Å². The molecule has 0 saturated carbocycles. The highest BCUT2D eigenvalue weighted by Gasteiger charge is 2.46. The second-order valence-electron chi connectivity index (χ2n) is 8.27. The lowest BCUT2D eigenvalue weighted by Gasteiger charge is -2.26. The van der Waals surface area contributed by atoms with Crippen molar-refractivity contribution in [2.24, 2.45) is 0 Å². The van der Waals surface area contributed by atoms with Crippen LogP contribution in [0, 0.1) is 0 Å². The molecule has 1 aromatic heterocycles. The van der Waals surface area contributed by atoms with Crippen molar-refractivity contribution in [3.05, 3.63) is 84.0 Å². The molecule has 1 fully saturated rings. The Labute approximate surface area is 204 Å². The number of carbonyl (C=O) groups excluding carboxylic acids is 2. The summed E-state index contributed by atoms with van der Waals surface area (Å²) in [5.74, 6) is -0.457. The number of likely N-dealkylation sites (tertiary alicyclic amines) is 1. The predicted molar refractivity (Wildman–Crippen MR) is 131 cm³/mol. The smallest absolute Gasteiger partial charge is 0.295 e. The number of benzene rings is 2. The highest BCUT2D eigenvalue weighted by molar-refractivity contribution is 6.46. The summed E-state index contributed by atoms with van der Waals surface area (Å²) < 4.78 is 13.2. The molecule has 1 N–H and O–H groups in total. The molecule has 182 valence electrons. The van der Waals surface area contributed by atoms with Gasteiger partial charge in [0, 0.05) is 31.0 Å². The van der Waals surface area contributed by atoms with Gasteiger partial charge >= 0.3 is 0 Å². The van der Waals surface area contributed by atoms with E-state index in [1.54, 1.807) is 56.0 Å². The number of rotatable bonds is 10. The van der Waals surface area contributed by atoms with Crippen molar-refractivity contribution < 1.29 is 24.2 Å². The van der Waals surface area contributed by atoms with Crippen molar-refractivity contribution >= 4 is 17.4 Å². The van der Waals surface area contributed by atoms with Gasteiger partial charge in [-0.2, -0.15) is 0 Å². The summed E-state index contributed by atoms with van der Waals surface area (Å²) in [4.78, 5) is 31.9. The van der Waals surface area contributed by atoms with Gasteiger partial charge in [0.05, 0.1) is 31.7 Å². The summed E-state index contributed by atoms with van der Waals surface area (Å²) in [6, 6.07) is 13.4. The van der Waals surface area contributed by atoms with E-state index in [1.165, 1.54) is 4.90 Å². The van der Waals surface area contributed by atoms with Crippen LogP contribution >= 0.6 is 0 Å². The number of hydrogen-bond donors (Lipinski definition) is 1. The van der Waals surface area contributed by atoms with Crippen LogP contribution in [0.2, 0.25) is 0 Å². The van der Waals surface area contributed by atoms with Crippen LogP contribution in [0.25, 0.3) is 5.76 Å². The lowest BCUT2D eigenvalue weighted by atomic mass is 9.95. The maximum Gasteiger partial charge on any atom is 0.295 e. The number of ketones is 1. The normalized spacial score (nSPS) is 17.1. The number of imidazole rings is 1. The van der Waals surface area contributed by atoms with Crippen molar-refractivity contribution in [1.29, 1.82) is 0 Å². The first-order chi connectivity index (χ1) is 17.0. The quantitative estimate of drug-likeness (QED) is 0.268. The van der Waals surface area contributed by atoms with Gasteiger partial charge in [0.25, 0.3) is 11.7 Å². The van der Waals surface area contributed by atoms with Crippen molar-refractivity contribution in [2.45, 2.75) is 32.4 Å². The first-order valence-electron chi connectivity index (χ1n) is 11.7. The van der Waals surface area contributed by atoms with Crippen LogP contribution in [0.15, 0.2) is 72.8 Å². The lowest BCUT2D eigenvalue weighted by molar-refractivity contribution is -0.139. The fourth-order valence-corrected chi connectivity index (χ4v) is 4.24. The number of methoxy groups -OCH3 is 1. The zero-order valence-electron chi connectivity index (χ0n) is 19.9. The third-order valence-corrected chi connectivity index (χ3v) is 5.93. The number of ether oxygens (including phenoxy) is 2. The summed E-state index contributed by atoms with van der Waals surface area (Å²) in [7, 11) is 1.55. The molecule has 1 unspecified atom stereocenters. The first kappa shape index (κ1) is 24.1. The van der Waals surface area contributed by atoms with Gasteiger partial charge in [0.2, 0.25) is 0 Å². The van der Waals surface area contributed by atoms with Crippen LogP contribution in [-0.2, 0) is 16.1 Å². The van der Waals surface area contributed by atoms with Gasteiger partial charge in [-0.15, -0.1) is 0 Å². The Morgan fingerprint density at radius 1 is 1.09 bits per heavy atom. The molecule has 8 heteroatoms. The standard InChI is InChI=1S/C27H29N3O5/c1-3-16-35-21-11-10-20(17-22(21)34-2)24-23(25(31)19-8-5-4-6-9-19)26(32)27(33)30(24)14-7-13-29-15-12-28-18-29/h4-6,8-12,15,17-18,24,31H,3,7,13-14,16H2,1-2H3/b25-23+. The van der Waals surface area contributed by atoms with Gasteiger partial charge in [-0.25, -0.2) is 4.98 Å². The van der Waals surface area contributed by atoms with Gasteiger partial charge in [-0.05, 0) is 30.5 Å². The first-order valence-corrected chi connectivity index (χ1v) is 11.7. The molecule has 1 atom stereocenters. The topological polar surface area (TPSA) is 93.9 Å². The van der Waals surface area contributed by atoms with Crippen molar-refractivity contribution in [3.8, 4) is 11.5 Å². The third kappa shape index (κ3) is 5.06. The number of hydrogen-bond acceptors (Lipinski definition) is 6. The molecular weight excluding hydrogens is 446 g/mol. The minimum atomic E-state index is -0.757. The number of amides is 1. The summed E-state index contributed by atoms with van der Waals surface area (Å²) >= 11 is 0. The Morgan fingerprint density at radius 2 is 1.89 bits per heavy atom. The average molecular weight is 476 g/mol. The third-order valence-electron chi connectivity index (χ3n) is 5.93. The van der Waals surface area contributed by atoms with E-state index in [-0.39, 0.29) is 11.3 Å². The van der Waals surface area contributed by atoms with Crippen molar-refractivity contribution in [3.63, 3.8) is 0 Å². The van der Waals surface area contributed by atoms with Gasteiger partial charge in [0.15, 0.2) is 11.5 Å². The zero-order chi connectivity index (χ0) is 24.8. The molecule has 2 aromatic carbocycles. The lowest BCUT2D eigenvalue weighted by Crippen LogP contribution is -2.31.